The topological polar surface area (TPSA) is 88.8 Å². The zero-order valence-corrected chi connectivity index (χ0v) is 7.56. The van der Waals surface area contributed by atoms with E-state index in [9.17, 15) is 0 Å². The van der Waals surface area contributed by atoms with Crippen molar-refractivity contribution in [1.82, 2.24) is 4.98 Å². The molecule has 0 atom stereocenters. The number of nitrogens with one attached hydrogen (secondary N) is 1. The van der Waals surface area contributed by atoms with Crippen LogP contribution < -0.4 is 11.5 Å². The number of benzene rings is 1. The number of nitrogens with zero attached hydrogens (tertiary/aromatic N) is 1. The van der Waals surface area contributed by atoms with Gasteiger partial charge in [0.05, 0.1) is 10.2 Å². The van der Waals surface area contributed by atoms with Crippen molar-refractivity contribution in [2.45, 2.75) is 0 Å². The van der Waals surface area contributed by atoms with Gasteiger partial charge < -0.3 is 11.5 Å². The molecule has 0 radical (unpaired) electrons. The van der Waals surface area contributed by atoms with Crippen LogP contribution in [0.15, 0.2) is 18.2 Å². The lowest BCUT2D eigenvalue weighted by atomic mass is 10.3. The fraction of sp³-hybridized carbons (Fsp3) is 0. The molecule has 5 N–H and O–H groups in total. The Bertz CT molecular complexity index is 474. The number of nitrogen functional groups attached to an aromatic ring is 2. The minimum Gasteiger partial charge on any atom is -0.399 e. The van der Waals surface area contributed by atoms with E-state index in [1.54, 1.807) is 6.07 Å². The summed E-state index contributed by atoms with van der Waals surface area (Å²) in [6.45, 7) is 0. The maximum atomic E-state index is 7.22. The highest BCUT2D eigenvalue weighted by Crippen LogP contribution is 2.23. The standard InChI is InChI=1S/C8H8N4S/c9-4-1-2-6-5(3-4)12-8(13-6)7(10)11/h1-3H,9H2,(H3,10,11). The van der Waals surface area contributed by atoms with Crippen LogP contribution in [-0.4, -0.2) is 10.8 Å². The van der Waals surface area contributed by atoms with Crippen LogP contribution in [0.25, 0.3) is 10.2 Å². The average Bonchev–Trinajstić information content (AvgIpc) is 2.46. The second-order valence-electron chi connectivity index (χ2n) is 2.66. The van der Waals surface area contributed by atoms with E-state index in [4.69, 9.17) is 16.9 Å². The van der Waals surface area contributed by atoms with Crippen molar-refractivity contribution in [3.8, 4) is 0 Å². The molecule has 1 aromatic heterocycles. The van der Waals surface area contributed by atoms with Gasteiger partial charge in [-0.15, -0.1) is 11.3 Å². The molecule has 0 bridgehead atoms. The van der Waals surface area contributed by atoms with Crippen LogP contribution in [0.5, 0.6) is 0 Å². The highest BCUT2D eigenvalue weighted by molar-refractivity contribution is 7.20. The number of amidine groups is 1. The second-order valence-corrected chi connectivity index (χ2v) is 3.69. The summed E-state index contributed by atoms with van der Waals surface area (Å²) in [5.41, 5.74) is 12.4. The van der Waals surface area contributed by atoms with Crippen molar-refractivity contribution in [2.24, 2.45) is 5.73 Å². The van der Waals surface area contributed by atoms with E-state index in [0.29, 0.717) is 10.7 Å². The molecule has 0 saturated heterocycles. The van der Waals surface area contributed by atoms with Crippen LogP contribution in [0, 0.1) is 5.41 Å². The number of fused-ring (bicyclic) bond motifs is 1. The highest BCUT2D eigenvalue weighted by Gasteiger charge is 2.05. The molecular weight excluding hydrogens is 184 g/mol. The fourth-order valence-corrected chi connectivity index (χ4v) is 1.87. The van der Waals surface area contributed by atoms with Crippen LogP contribution in [0.2, 0.25) is 0 Å². The molecule has 2 rings (SSSR count). The average molecular weight is 192 g/mol. The number of nitrogens with two attached hydrogens (primary N) is 2. The summed E-state index contributed by atoms with van der Waals surface area (Å²) in [6.07, 6.45) is 0. The van der Waals surface area contributed by atoms with E-state index < -0.39 is 0 Å². The van der Waals surface area contributed by atoms with Crippen LogP contribution in [0.4, 0.5) is 5.69 Å². The lowest BCUT2D eigenvalue weighted by Crippen LogP contribution is -2.09. The zero-order chi connectivity index (χ0) is 9.42. The first-order chi connectivity index (χ1) is 6.16. The monoisotopic (exact) mass is 192 g/mol. The van der Waals surface area contributed by atoms with Gasteiger partial charge in [-0.25, -0.2) is 4.98 Å². The number of hydrogen-bond donors (Lipinski definition) is 3. The second kappa shape index (κ2) is 2.70. The SMILES string of the molecule is N=C(N)c1nc2cc(N)ccc2s1. The van der Waals surface area contributed by atoms with Gasteiger partial charge in [-0.05, 0) is 18.2 Å². The summed E-state index contributed by atoms with van der Waals surface area (Å²) in [7, 11) is 0. The molecule has 0 spiro atoms. The van der Waals surface area contributed by atoms with Gasteiger partial charge in [-0.3, -0.25) is 5.41 Å². The summed E-state index contributed by atoms with van der Waals surface area (Å²) in [5, 5.41) is 7.76. The molecule has 1 aromatic carbocycles. The Balaban J connectivity index is 2.68. The Morgan fingerprint density at radius 1 is 1.46 bits per heavy atom. The number of aromatic nitrogens is 1. The molecule has 0 aliphatic heterocycles. The molecule has 0 unspecified atom stereocenters. The first kappa shape index (κ1) is 8.00. The van der Waals surface area contributed by atoms with Crippen LogP contribution in [0.3, 0.4) is 0 Å². The van der Waals surface area contributed by atoms with Gasteiger partial charge >= 0.3 is 0 Å². The normalized spacial score (nSPS) is 10.5. The van der Waals surface area contributed by atoms with Crippen molar-refractivity contribution in [3.05, 3.63) is 23.2 Å². The molecule has 0 saturated carbocycles. The number of anilines is 1. The van der Waals surface area contributed by atoms with Gasteiger partial charge in [0.15, 0.2) is 10.8 Å². The maximum absolute atomic E-state index is 7.22. The Morgan fingerprint density at radius 3 is 2.92 bits per heavy atom. The smallest absolute Gasteiger partial charge is 0.159 e. The quantitative estimate of drug-likeness (QED) is 0.360. The third-order valence-corrected chi connectivity index (χ3v) is 2.71. The van der Waals surface area contributed by atoms with Gasteiger partial charge in [0.2, 0.25) is 0 Å². The molecule has 1 heterocycles. The van der Waals surface area contributed by atoms with Crippen molar-refractivity contribution < 1.29 is 0 Å². The van der Waals surface area contributed by atoms with Crippen molar-refractivity contribution in [2.75, 3.05) is 5.73 Å². The molecule has 0 amide bonds. The molecule has 4 nitrogen and oxygen atoms in total. The first-order valence-corrected chi connectivity index (χ1v) is 4.49. The van der Waals surface area contributed by atoms with Crippen molar-refractivity contribution in [3.63, 3.8) is 0 Å². The van der Waals surface area contributed by atoms with Gasteiger partial charge in [-0.2, -0.15) is 0 Å². The molecule has 13 heavy (non-hydrogen) atoms. The van der Waals surface area contributed by atoms with E-state index in [2.05, 4.69) is 4.98 Å². The van der Waals surface area contributed by atoms with E-state index >= 15 is 0 Å². The summed E-state index contributed by atoms with van der Waals surface area (Å²) >= 11 is 1.40. The van der Waals surface area contributed by atoms with Gasteiger partial charge in [0.1, 0.15) is 0 Å². The van der Waals surface area contributed by atoms with Gasteiger partial charge in [0, 0.05) is 5.69 Å². The fourth-order valence-electron chi connectivity index (χ4n) is 1.06. The minimum atomic E-state index is -0.000212. The lowest BCUT2D eigenvalue weighted by Gasteiger charge is -1.89. The summed E-state index contributed by atoms with van der Waals surface area (Å²) in [5.74, 6) is -0.000212. The summed E-state index contributed by atoms with van der Waals surface area (Å²) in [4.78, 5) is 4.16. The third kappa shape index (κ3) is 1.33. The summed E-state index contributed by atoms with van der Waals surface area (Å²) < 4.78 is 0.999. The third-order valence-electron chi connectivity index (χ3n) is 1.64. The Morgan fingerprint density at radius 2 is 2.23 bits per heavy atom. The van der Waals surface area contributed by atoms with E-state index in [0.717, 1.165) is 10.2 Å². The van der Waals surface area contributed by atoms with Gasteiger partial charge in [-0.1, -0.05) is 0 Å². The van der Waals surface area contributed by atoms with E-state index in [1.807, 2.05) is 12.1 Å². The predicted molar refractivity (Wildman–Crippen MR) is 55.0 cm³/mol. The molecular formula is C8H8N4S. The molecule has 0 aliphatic carbocycles. The Hall–Kier alpha value is -1.62. The first-order valence-electron chi connectivity index (χ1n) is 3.67. The minimum absolute atomic E-state index is 0.000212. The maximum Gasteiger partial charge on any atom is 0.159 e. The van der Waals surface area contributed by atoms with Crippen molar-refractivity contribution >= 4 is 33.1 Å². The number of hydrogen-bond acceptors (Lipinski definition) is 4. The molecule has 66 valence electrons. The Kier molecular flexibility index (Phi) is 1.66. The molecule has 0 fully saturated rings. The highest BCUT2D eigenvalue weighted by atomic mass is 32.1. The zero-order valence-electron chi connectivity index (χ0n) is 6.74. The largest absolute Gasteiger partial charge is 0.399 e. The molecule has 2 aromatic rings. The van der Waals surface area contributed by atoms with E-state index in [1.165, 1.54) is 11.3 Å². The van der Waals surface area contributed by atoms with Crippen LogP contribution in [0.1, 0.15) is 5.01 Å². The van der Waals surface area contributed by atoms with Crippen LogP contribution >= 0.6 is 11.3 Å². The molecule has 5 heteroatoms. The lowest BCUT2D eigenvalue weighted by molar-refractivity contribution is 1.37. The number of thiazole rings is 1. The molecule has 0 aliphatic rings. The van der Waals surface area contributed by atoms with E-state index in [-0.39, 0.29) is 5.84 Å². The Labute approximate surface area is 78.7 Å². The van der Waals surface area contributed by atoms with Crippen molar-refractivity contribution in [1.29, 1.82) is 5.41 Å². The summed E-state index contributed by atoms with van der Waals surface area (Å²) in [6, 6.07) is 5.47. The predicted octanol–water partition coefficient (Wildman–Crippen LogP) is 1.16. The van der Waals surface area contributed by atoms with Gasteiger partial charge in [0.25, 0.3) is 0 Å². The van der Waals surface area contributed by atoms with Crippen LogP contribution in [-0.2, 0) is 0 Å². The number of rotatable bonds is 1.